The number of aryl methyl sites for hydroxylation is 2. The Hall–Kier alpha value is -2.38. The van der Waals surface area contributed by atoms with E-state index in [4.69, 9.17) is 15.7 Å². The van der Waals surface area contributed by atoms with Gasteiger partial charge in [-0.05, 0) is 48.7 Å². The van der Waals surface area contributed by atoms with Crippen LogP contribution in [0.25, 0.3) is 0 Å². The van der Waals surface area contributed by atoms with Gasteiger partial charge in [-0.1, -0.05) is 12.1 Å². The Morgan fingerprint density at radius 1 is 1.19 bits per heavy atom. The highest BCUT2D eigenvalue weighted by Crippen LogP contribution is 2.26. The van der Waals surface area contributed by atoms with Crippen molar-refractivity contribution in [3.8, 4) is 11.8 Å². The van der Waals surface area contributed by atoms with E-state index in [0.717, 1.165) is 22.4 Å². The van der Waals surface area contributed by atoms with Crippen LogP contribution in [0.15, 0.2) is 30.3 Å². The summed E-state index contributed by atoms with van der Waals surface area (Å²) in [4.78, 5) is 0. The minimum Gasteiger partial charge on any atom is -0.488 e. The molecule has 0 saturated heterocycles. The van der Waals surface area contributed by atoms with Crippen molar-refractivity contribution in [3.63, 3.8) is 0 Å². The molecular weight excluding hydrogens is 267 g/mol. The highest BCUT2D eigenvalue weighted by molar-refractivity contribution is 5.44. The Balaban J connectivity index is 2.25. The molecule has 0 heterocycles. The zero-order valence-electron chi connectivity index (χ0n) is 12.1. The minimum atomic E-state index is -0.375. The largest absolute Gasteiger partial charge is 0.488 e. The molecule has 4 heteroatoms. The normalized spacial score (nSPS) is 10.2. The van der Waals surface area contributed by atoms with Crippen molar-refractivity contribution < 1.29 is 9.13 Å². The second kappa shape index (κ2) is 6.38. The summed E-state index contributed by atoms with van der Waals surface area (Å²) in [6.45, 7) is 4.52. The predicted molar refractivity (Wildman–Crippen MR) is 79.3 cm³/mol. The smallest absolute Gasteiger partial charge is 0.125 e. The number of halogens is 1. The fourth-order valence-corrected chi connectivity index (χ4v) is 2.33. The van der Waals surface area contributed by atoms with Gasteiger partial charge in [0.25, 0.3) is 0 Å². The van der Waals surface area contributed by atoms with E-state index < -0.39 is 0 Å². The quantitative estimate of drug-likeness (QED) is 0.936. The molecule has 108 valence electrons. The molecule has 0 aliphatic heterocycles. The Bertz CT molecular complexity index is 681. The summed E-state index contributed by atoms with van der Waals surface area (Å²) in [5.41, 5.74) is 9.60. The molecule has 0 bridgehead atoms. The van der Waals surface area contributed by atoms with Gasteiger partial charge in [0.1, 0.15) is 18.2 Å². The van der Waals surface area contributed by atoms with Gasteiger partial charge in [-0.3, -0.25) is 0 Å². The number of nitrogens with two attached hydrogens (primary N) is 1. The van der Waals surface area contributed by atoms with E-state index in [-0.39, 0.29) is 12.4 Å². The van der Waals surface area contributed by atoms with Crippen molar-refractivity contribution in [1.82, 2.24) is 0 Å². The van der Waals surface area contributed by atoms with Gasteiger partial charge < -0.3 is 10.5 Å². The molecule has 2 aromatic rings. The van der Waals surface area contributed by atoms with Crippen molar-refractivity contribution in [2.75, 3.05) is 0 Å². The summed E-state index contributed by atoms with van der Waals surface area (Å²) in [6.07, 6.45) is 0. The Labute approximate surface area is 123 Å². The van der Waals surface area contributed by atoms with Crippen molar-refractivity contribution in [1.29, 1.82) is 5.26 Å². The van der Waals surface area contributed by atoms with Crippen molar-refractivity contribution in [2.45, 2.75) is 27.0 Å². The van der Waals surface area contributed by atoms with Gasteiger partial charge in [0, 0.05) is 12.1 Å². The maximum absolute atomic E-state index is 13.3. The Morgan fingerprint density at radius 3 is 2.43 bits per heavy atom. The van der Waals surface area contributed by atoms with Crippen LogP contribution in [0.3, 0.4) is 0 Å². The number of ether oxygens (including phenoxy) is 1. The first kappa shape index (κ1) is 15.0. The Kier molecular flexibility index (Phi) is 4.56. The Morgan fingerprint density at radius 2 is 1.86 bits per heavy atom. The molecule has 0 fully saturated rings. The fourth-order valence-electron chi connectivity index (χ4n) is 2.33. The summed E-state index contributed by atoms with van der Waals surface area (Å²) in [6, 6.07) is 10.1. The van der Waals surface area contributed by atoms with Crippen LogP contribution in [-0.2, 0) is 13.2 Å². The molecular formula is C17H17FN2O. The van der Waals surface area contributed by atoms with Crippen LogP contribution in [-0.4, -0.2) is 0 Å². The number of nitriles is 1. The van der Waals surface area contributed by atoms with Crippen LogP contribution in [0.5, 0.6) is 5.75 Å². The molecule has 0 aliphatic rings. The predicted octanol–water partition coefficient (Wildman–Crippen LogP) is 3.35. The van der Waals surface area contributed by atoms with Crippen LogP contribution in [0.4, 0.5) is 4.39 Å². The highest BCUT2D eigenvalue weighted by atomic mass is 19.1. The zero-order valence-corrected chi connectivity index (χ0v) is 12.1. The topological polar surface area (TPSA) is 59.0 Å². The van der Waals surface area contributed by atoms with E-state index in [1.54, 1.807) is 0 Å². The SMILES string of the molecule is Cc1cc(CN)cc(C)c1OCc1cc(F)ccc1C#N. The number of benzene rings is 2. The maximum atomic E-state index is 13.3. The van der Waals surface area contributed by atoms with Crippen LogP contribution < -0.4 is 10.5 Å². The number of nitrogens with zero attached hydrogens (tertiary/aromatic N) is 1. The molecule has 0 unspecified atom stereocenters. The van der Waals surface area contributed by atoms with Crippen molar-refractivity contribution in [3.05, 3.63) is 64.0 Å². The average Bonchev–Trinajstić information content (AvgIpc) is 2.46. The first-order valence-corrected chi connectivity index (χ1v) is 6.66. The summed E-state index contributed by atoms with van der Waals surface area (Å²) >= 11 is 0. The highest BCUT2D eigenvalue weighted by Gasteiger charge is 2.09. The third-order valence-electron chi connectivity index (χ3n) is 3.32. The third kappa shape index (κ3) is 3.39. The molecule has 3 nitrogen and oxygen atoms in total. The van der Waals surface area contributed by atoms with Crippen molar-refractivity contribution >= 4 is 0 Å². The van der Waals surface area contributed by atoms with Gasteiger partial charge in [-0.25, -0.2) is 4.39 Å². The van der Waals surface area contributed by atoms with Crippen LogP contribution in [0, 0.1) is 31.0 Å². The molecule has 0 aromatic heterocycles. The molecule has 2 N–H and O–H groups in total. The van der Waals surface area contributed by atoms with E-state index in [1.807, 2.05) is 32.0 Å². The van der Waals surface area contributed by atoms with Gasteiger partial charge >= 0.3 is 0 Å². The zero-order chi connectivity index (χ0) is 15.4. The van der Waals surface area contributed by atoms with Gasteiger partial charge in [-0.15, -0.1) is 0 Å². The molecule has 0 amide bonds. The lowest BCUT2D eigenvalue weighted by Crippen LogP contribution is -2.04. The molecule has 21 heavy (non-hydrogen) atoms. The molecule has 2 aromatic carbocycles. The summed E-state index contributed by atoms with van der Waals surface area (Å²) in [5, 5.41) is 9.04. The second-order valence-corrected chi connectivity index (χ2v) is 4.96. The van der Waals surface area contributed by atoms with E-state index in [1.165, 1.54) is 18.2 Å². The van der Waals surface area contributed by atoms with Gasteiger partial charge in [0.2, 0.25) is 0 Å². The van der Waals surface area contributed by atoms with Gasteiger partial charge in [0.15, 0.2) is 0 Å². The molecule has 0 spiro atoms. The molecule has 0 radical (unpaired) electrons. The maximum Gasteiger partial charge on any atom is 0.125 e. The fraction of sp³-hybridized carbons (Fsp3) is 0.235. The molecule has 0 atom stereocenters. The summed E-state index contributed by atoms with van der Waals surface area (Å²) in [7, 11) is 0. The van der Waals surface area contributed by atoms with E-state index in [9.17, 15) is 4.39 Å². The second-order valence-electron chi connectivity index (χ2n) is 4.96. The molecule has 0 aliphatic carbocycles. The van der Waals surface area contributed by atoms with E-state index >= 15 is 0 Å². The summed E-state index contributed by atoms with van der Waals surface area (Å²) in [5.74, 6) is 0.375. The lowest BCUT2D eigenvalue weighted by Gasteiger charge is -2.14. The van der Waals surface area contributed by atoms with Crippen molar-refractivity contribution in [2.24, 2.45) is 5.73 Å². The lowest BCUT2D eigenvalue weighted by atomic mass is 10.1. The molecule has 0 saturated carbocycles. The lowest BCUT2D eigenvalue weighted by molar-refractivity contribution is 0.301. The van der Waals surface area contributed by atoms with Crippen LogP contribution >= 0.6 is 0 Å². The number of hydrogen-bond acceptors (Lipinski definition) is 3. The number of rotatable bonds is 4. The standard InChI is InChI=1S/C17H17FN2O/c1-11-5-13(8-19)6-12(2)17(11)21-10-15-7-16(18)4-3-14(15)9-20/h3-7H,8,10,19H2,1-2H3. The first-order valence-electron chi connectivity index (χ1n) is 6.66. The van der Waals surface area contributed by atoms with E-state index in [2.05, 4.69) is 0 Å². The number of hydrogen-bond donors (Lipinski definition) is 1. The molecule has 2 rings (SSSR count). The monoisotopic (exact) mass is 284 g/mol. The third-order valence-corrected chi connectivity index (χ3v) is 3.32. The van der Waals surface area contributed by atoms with E-state index in [0.29, 0.717) is 17.7 Å². The van der Waals surface area contributed by atoms with Crippen LogP contribution in [0.1, 0.15) is 27.8 Å². The minimum absolute atomic E-state index is 0.157. The first-order chi connectivity index (χ1) is 10.0. The summed E-state index contributed by atoms with van der Waals surface area (Å²) < 4.78 is 19.1. The average molecular weight is 284 g/mol. The van der Waals surface area contributed by atoms with Gasteiger partial charge in [-0.2, -0.15) is 5.26 Å². The van der Waals surface area contributed by atoms with Crippen LogP contribution in [0.2, 0.25) is 0 Å². The van der Waals surface area contributed by atoms with Gasteiger partial charge in [0.05, 0.1) is 11.6 Å².